The quantitative estimate of drug-likeness (QED) is 0.598. The molecular formula is C13H15N. The number of allylic oxidation sites excluding steroid dienone is 2. The largest absolute Gasteiger partial charge is 0.264 e. The molecular weight excluding hydrogens is 170 g/mol. The molecule has 1 aromatic rings. The third-order valence-electron chi connectivity index (χ3n) is 2.57. The summed E-state index contributed by atoms with van der Waals surface area (Å²) < 4.78 is 0. The third kappa shape index (κ3) is 1.63. The number of hydrogen-bond acceptors (Lipinski definition) is 1. The van der Waals surface area contributed by atoms with Crippen LogP contribution in [0.3, 0.4) is 0 Å². The number of rotatable bonds is 0. The van der Waals surface area contributed by atoms with Gasteiger partial charge in [0.25, 0.3) is 0 Å². The lowest BCUT2D eigenvalue weighted by Gasteiger charge is -2.12. The number of fused-ring (bicyclic) bond motifs is 1. The first-order valence-electron chi connectivity index (χ1n) is 4.92. The van der Waals surface area contributed by atoms with E-state index in [2.05, 4.69) is 50.0 Å². The molecule has 14 heavy (non-hydrogen) atoms. The number of aromatic nitrogens is 1. The summed E-state index contributed by atoms with van der Waals surface area (Å²) in [4.78, 5) is 4.17. The van der Waals surface area contributed by atoms with E-state index in [4.69, 9.17) is 0 Å². The molecule has 0 saturated heterocycles. The van der Waals surface area contributed by atoms with Gasteiger partial charge in [0.2, 0.25) is 0 Å². The Kier molecular flexibility index (Phi) is 2.03. The summed E-state index contributed by atoms with van der Waals surface area (Å²) in [6.07, 6.45) is 10.5. The SMILES string of the molecule is CC1=c2ccncc2=CC(C)(C)C=C1. The Hall–Kier alpha value is -1.37. The minimum absolute atomic E-state index is 0.121. The van der Waals surface area contributed by atoms with Crippen molar-refractivity contribution in [3.05, 3.63) is 41.0 Å². The van der Waals surface area contributed by atoms with Crippen molar-refractivity contribution in [1.29, 1.82) is 0 Å². The van der Waals surface area contributed by atoms with Crippen LogP contribution in [0.4, 0.5) is 0 Å². The van der Waals surface area contributed by atoms with Gasteiger partial charge in [-0.2, -0.15) is 0 Å². The second kappa shape index (κ2) is 3.09. The van der Waals surface area contributed by atoms with Crippen LogP contribution in [0.25, 0.3) is 11.6 Å². The van der Waals surface area contributed by atoms with E-state index < -0.39 is 0 Å². The van der Waals surface area contributed by atoms with Gasteiger partial charge in [0.05, 0.1) is 0 Å². The summed E-state index contributed by atoms with van der Waals surface area (Å²) in [5.74, 6) is 0. The van der Waals surface area contributed by atoms with Gasteiger partial charge in [-0.3, -0.25) is 4.98 Å². The highest BCUT2D eigenvalue weighted by Crippen LogP contribution is 2.20. The van der Waals surface area contributed by atoms with E-state index in [0.29, 0.717) is 0 Å². The van der Waals surface area contributed by atoms with Gasteiger partial charge in [0, 0.05) is 17.8 Å². The zero-order valence-electron chi connectivity index (χ0n) is 8.91. The van der Waals surface area contributed by atoms with Gasteiger partial charge in [-0.1, -0.05) is 32.1 Å². The maximum Gasteiger partial charge on any atom is 0.0343 e. The molecule has 0 amide bonds. The lowest BCUT2D eigenvalue weighted by Crippen LogP contribution is -2.27. The van der Waals surface area contributed by atoms with Crippen LogP contribution < -0.4 is 10.4 Å². The van der Waals surface area contributed by atoms with Gasteiger partial charge in [0.15, 0.2) is 0 Å². The molecule has 1 aliphatic carbocycles. The Labute approximate surface area is 84.5 Å². The first-order valence-corrected chi connectivity index (χ1v) is 4.92. The van der Waals surface area contributed by atoms with Crippen LogP contribution in [0.1, 0.15) is 20.8 Å². The maximum absolute atomic E-state index is 4.17. The summed E-state index contributed by atoms with van der Waals surface area (Å²) in [7, 11) is 0. The average Bonchev–Trinajstić information content (AvgIpc) is 2.25. The summed E-state index contributed by atoms with van der Waals surface area (Å²) in [6.45, 7) is 6.56. The molecule has 1 nitrogen and oxygen atoms in total. The molecule has 0 N–H and O–H groups in total. The van der Waals surface area contributed by atoms with Crippen LogP contribution in [0.2, 0.25) is 0 Å². The minimum Gasteiger partial charge on any atom is -0.264 e. The second-order valence-corrected chi connectivity index (χ2v) is 4.44. The standard InChI is InChI=1S/C13H15N/c1-10-4-6-13(2,3)8-11-9-14-7-5-12(10)11/h4-9H,1-3H3. The van der Waals surface area contributed by atoms with Crippen LogP contribution in [-0.2, 0) is 0 Å². The first-order chi connectivity index (χ1) is 6.58. The monoisotopic (exact) mass is 185 g/mol. The Morgan fingerprint density at radius 2 is 2.07 bits per heavy atom. The van der Waals surface area contributed by atoms with Crippen molar-refractivity contribution in [2.24, 2.45) is 5.41 Å². The molecule has 2 rings (SSSR count). The van der Waals surface area contributed by atoms with Crippen LogP contribution in [-0.4, -0.2) is 4.98 Å². The number of hydrogen-bond donors (Lipinski definition) is 0. The molecule has 1 heteroatoms. The van der Waals surface area contributed by atoms with E-state index in [1.165, 1.54) is 16.0 Å². The average molecular weight is 185 g/mol. The highest BCUT2D eigenvalue weighted by atomic mass is 14.6. The van der Waals surface area contributed by atoms with Gasteiger partial charge in [-0.25, -0.2) is 0 Å². The van der Waals surface area contributed by atoms with Crippen molar-refractivity contribution in [3.8, 4) is 0 Å². The van der Waals surface area contributed by atoms with Crippen molar-refractivity contribution in [3.63, 3.8) is 0 Å². The first kappa shape index (κ1) is 9.20. The maximum atomic E-state index is 4.17. The Morgan fingerprint density at radius 3 is 2.86 bits per heavy atom. The second-order valence-electron chi connectivity index (χ2n) is 4.44. The van der Waals surface area contributed by atoms with Gasteiger partial charge in [-0.15, -0.1) is 0 Å². The van der Waals surface area contributed by atoms with E-state index >= 15 is 0 Å². The molecule has 1 aliphatic rings. The highest BCUT2D eigenvalue weighted by molar-refractivity contribution is 5.58. The van der Waals surface area contributed by atoms with Gasteiger partial charge >= 0.3 is 0 Å². The van der Waals surface area contributed by atoms with Crippen LogP contribution in [0.15, 0.2) is 30.6 Å². The summed E-state index contributed by atoms with van der Waals surface area (Å²) in [6, 6.07) is 2.08. The molecule has 1 heterocycles. The minimum atomic E-state index is 0.121. The molecule has 0 radical (unpaired) electrons. The molecule has 0 bridgehead atoms. The van der Waals surface area contributed by atoms with E-state index in [-0.39, 0.29) is 5.41 Å². The van der Waals surface area contributed by atoms with Gasteiger partial charge in [-0.05, 0) is 29.0 Å². The van der Waals surface area contributed by atoms with E-state index in [1.54, 1.807) is 0 Å². The Morgan fingerprint density at radius 1 is 1.29 bits per heavy atom. The van der Waals surface area contributed by atoms with Crippen molar-refractivity contribution in [1.82, 2.24) is 4.98 Å². The molecule has 0 unspecified atom stereocenters. The van der Waals surface area contributed by atoms with Crippen LogP contribution >= 0.6 is 0 Å². The Balaban J connectivity index is 2.86. The number of pyridine rings is 1. The summed E-state index contributed by atoms with van der Waals surface area (Å²) in [5, 5.41) is 2.53. The zero-order valence-corrected chi connectivity index (χ0v) is 8.91. The smallest absolute Gasteiger partial charge is 0.0343 e. The molecule has 1 aromatic heterocycles. The predicted molar refractivity (Wildman–Crippen MR) is 60.0 cm³/mol. The molecule has 72 valence electrons. The molecule has 0 aliphatic heterocycles. The molecule has 0 fully saturated rings. The molecule has 0 saturated carbocycles. The van der Waals surface area contributed by atoms with Gasteiger partial charge in [0.1, 0.15) is 0 Å². The lowest BCUT2D eigenvalue weighted by molar-refractivity contribution is 0.670. The zero-order chi connectivity index (χ0) is 10.2. The van der Waals surface area contributed by atoms with E-state index in [0.717, 1.165) is 0 Å². The van der Waals surface area contributed by atoms with Crippen molar-refractivity contribution in [2.75, 3.05) is 0 Å². The van der Waals surface area contributed by atoms with Crippen molar-refractivity contribution in [2.45, 2.75) is 20.8 Å². The Bertz CT molecular complexity index is 492. The fourth-order valence-corrected chi connectivity index (χ4v) is 1.76. The summed E-state index contributed by atoms with van der Waals surface area (Å²) in [5.41, 5.74) is 1.43. The molecule has 0 spiro atoms. The lowest BCUT2D eigenvalue weighted by atomic mass is 9.92. The van der Waals surface area contributed by atoms with Gasteiger partial charge < -0.3 is 0 Å². The molecule has 0 atom stereocenters. The van der Waals surface area contributed by atoms with Crippen LogP contribution in [0.5, 0.6) is 0 Å². The number of nitrogens with zero attached hydrogens (tertiary/aromatic N) is 1. The summed E-state index contributed by atoms with van der Waals surface area (Å²) >= 11 is 0. The molecule has 0 aromatic carbocycles. The van der Waals surface area contributed by atoms with Crippen molar-refractivity contribution < 1.29 is 0 Å². The normalized spacial score (nSPS) is 18.4. The predicted octanol–water partition coefficient (Wildman–Crippen LogP) is 1.63. The fraction of sp³-hybridized carbons (Fsp3) is 0.308. The van der Waals surface area contributed by atoms with Crippen LogP contribution in [0, 0.1) is 5.41 Å². The topological polar surface area (TPSA) is 12.9 Å². The highest BCUT2D eigenvalue weighted by Gasteiger charge is 2.11. The fourth-order valence-electron chi connectivity index (χ4n) is 1.76. The van der Waals surface area contributed by atoms with E-state index in [9.17, 15) is 0 Å². The third-order valence-corrected chi connectivity index (χ3v) is 2.57. The van der Waals surface area contributed by atoms with E-state index in [1.807, 2.05) is 12.4 Å². The van der Waals surface area contributed by atoms with Crippen molar-refractivity contribution >= 4 is 11.6 Å².